The number of carbonyl (C=O) groups excluding carboxylic acids is 1. The first-order chi connectivity index (χ1) is 13.0. The topological polar surface area (TPSA) is 119 Å². The summed E-state index contributed by atoms with van der Waals surface area (Å²) in [6.07, 6.45) is 2.46. The molecule has 1 aromatic carbocycles. The van der Waals surface area contributed by atoms with Crippen LogP contribution in [0, 0.1) is 16.7 Å². The van der Waals surface area contributed by atoms with E-state index in [4.69, 9.17) is 5.11 Å². The molecule has 1 saturated heterocycles. The molecule has 3 rings (SSSR count). The fraction of sp³-hybridized carbons (Fsp3) is 0.316. The molecule has 0 spiro atoms. The van der Waals surface area contributed by atoms with Crippen LogP contribution in [0.3, 0.4) is 0 Å². The second-order valence-electron chi connectivity index (χ2n) is 6.39. The number of anilines is 3. The van der Waals surface area contributed by atoms with E-state index in [0.29, 0.717) is 42.4 Å². The molecule has 27 heavy (non-hydrogen) atoms. The SMILES string of the molecule is CCC1(C#N)CCN(c2ccnc(Nc3ccc(CC(=O)O)cc3)n2)C1=O. The molecule has 0 saturated carbocycles. The van der Waals surface area contributed by atoms with Crippen molar-refractivity contribution in [2.45, 2.75) is 26.2 Å². The summed E-state index contributed by atoms with van der Waals surface area (Å²) in [5, 5.41) is 21.2. The first kappa shape index (κ1) is 18.3. The molecular formula is C19H19N5O3. The Morgan fingerprint density at radius 2 is 2.11 bits per heavy atom. The smallest absolute Gasteiger partial charge is 0.307 e. The molecule has 1 aliphatic heterocycles. The number of rotatable bonds is 6. The molecule has 0 aliphatic carbocycles. The van der Waals surface area contributed by atoms with E-state index in [2.05, 4.69) is 21.4 Å². The lowest BCUT2D eigenvalue weighted by atomic mass is 9.85. The van der Waals surface area contributed by atoms with Gasteiger partial charge >= 0.3 is 5.97 Å². The van der Waals surface area contributed by atoms with Crippen LogP contribution in [0.2, 0.25) is 0 Å². The van der Waals surface area contributed by atoms with E-state index >= 15 is 0 Å². The van der Waals surface area contributed by atoms with Gasteiger partial charge in [-0.2, -0.15) is 10.2 Å². The summed E-state index contributed by atoms with van der Waals surface area (Å²) >= 11 is 0. The Bertz CT molecular complexity index is 906. The second kappa shape index (κ2) is 7.41. The number of amides is 1. The number of hydrogen-bond donors (Lipinski definition) is 2. The number of aromatic nitrogens is 2. The van der Waals surface area contributed by atoms with Crippen LogP contribution in [0.25, 0.3) is 0 Å². The third kappa shape index (κ3) is 3.72. The van der Waals surface area contributed by atoms with Gasteiger partial charge in [0.25, 0.3) is 0 Å². The molecule has 1 amide bonds. The zero-order valence-corrected chi connectivity index (χ0v) is 14.8. The lowest BCUT2D eigenvalue weighted by molar-refractivity contribution is -0.136. The minimum absolute atomic E-state index is 0.0403. The maximum Gasteiger partial charge on any atom is 0.307 e. The van der Waals surface area contributed by atoms with Crippen molar-refractivity contribution in [3.8, 4) is 6.07 Å². The van der Waals surface area contributed by atoms with Gasteiger partial charge < -0.3 is 10.4 Å². The van der Waals surface area contributed by atoms with Crippen molar-refractivity contribution in [2.75, 3.05) is 16.8 Å². The summed E-state index contributed by atoms with van der Waals surface area (Å²) in [6.45, 7) is 2.28. The molecule has 2 heterocycles. The van der Waals surface area contributed by atoms with Crippen molar-refractivity contribution in [2.24, 2.45) is 5.41 Å². The standard InChI is InChI=1S/C19H19N5O3/c1-2-19(12-20)8-10-24(17(19)27)15-7-9-21-18(23-15)22-14-5-3-13(4-6-14)11-16(25)26/h3-7,9H,2,8,10-11H2,1H3,(H,25,26)(H,21,22,23). The van der Waals surface area contributed by atoms with Gasteiger partial charge in [0.05, 0.1) is 12.5 Å². The molecule has 1 fully saturated rings. The highest BCUT2D eigenvalue weighted by molar-refractivity contribution is 6.01. The van der Waals surface area contributed by atoms with Crippen molar-refractivity contribution in [1.29, 1.82) is 5.26 Å². The van der Waals surface area contributed by atoms with Gasteiger partial charge in [-0.1, -0.05) is 19.1 Å². The van der Waals surface area contributed by atoms with E-state index in [1.807, 2.05) is 6.92 Å². The number of carboxylic acid groups (broad SMARTS) is 1. The van der Waals surface area contributed by atoms with Crippen LogP contribution in [0.15, 0.2) is 36.5 Å². The van der Waals surface area contributed by atoms with Crippen LogP contribution in [0.5, 0.6) is 0 Å². The van der Waals surface area contributed by atoms with Gasteiger partial charge in [-0.15, -0.1) is 0 Å². The maximum absolute atomic E-state index is 12.7. The van der Waals surface area contributed by atoms with Crippen molar-refractivity contribution >= 4 is 29.3 Å². The Morgan fingerprint density at radius 3 is 2.70 bits per heavy atom. The average Bonchev–Trinajstić information content (AvgIpc) is 3.00. The molecule has 0 bridgehead atoms. The number of nitrogens with zero attached hydrogens (tertiary/aromatic N) is 4. The molecule has 2 aromatic rings. The van der Waals surface area contributed by atoms with E-state index in [1.165, 1.54) is 4.90 Å². The van der Waals surface area contributed by atoms with Gasteiger partial charge in [-0.3, -0.25) is 14.5 Å². The van der Waals surface area contributed by atoms with Gasteiger partial charge in [-0.25, -0.2) is 4.98 Å². The molecule has 1 atom stereocenters. The minimum Gasteiger partial charge on any atom is -0.481 e. The summed E-state index contributed by atoms with van der Waals surface area (Å²) in [5.74, 6) is -0.347. The zero-order valence-electron chi connectivity index (χ0n) is 14.8. The Balaban J connectivity index is 1.76. The van der Waals surface area contributed by atoms with Crippen molar-refractivity contribution < 1.29 is 14.7 Å². The Labute approximate surface area is 156 Å². The van der Waals surface area contributed by atoms with E-state index < -0.39 is 11.4 Å². The van der Waals surface area contributed by atoms with Gasteiger partial charge in [0, 0.05) is 18.4 Å². The first-order valence-electron chi connectivity index (χ1n) is 8.61. The number of benzene rings is 1. The predicted octanol–water partition coefficient (Wildman–Crippen LogP) is 2.50. The summed E-state index contributed by atoms with van der Waals surface area (Å²) in [4.78, 5) is 33.5. The van der Waals surface area contributed by atoms with Gasteiger partial charge in [-0.05, 0) is 36.6 Å². The lowest BCUT2D eigenvalue weighted by Gasteiger charge is -2.19. The van der Waals surface area contributed by atoms with Gasteiger partial charge in [0.2, 0.25) is 11.9 Å². The van der Waals surface area contributed by atoms with Crippen LogP contribution in [0.1, 0.15) is 25.3 Å². The summed E-state index contributed by atoms with van der Waals surface area (Å²) in [5.41, 5.74) is 0.421. The number of carboxylic acids is 1. The van der Waals surface area contributed by atoms with Gasteiger partial charge in [0.15, 0.2) is 0 Å². The molecule has 8 heteroatoms. The number of nitriles is 1. The number of nitrogens with one attached hydrogen (secondary N) is 1. The zero-order chi connectivity index (χ0) is 19.4. The first-order valence-corrected chi connectivity index (χ1v) is 8.61. The number of carbonyl (C=O) groups is 2. The van der Waals surface area contributed by atoms with Crippen molar-refractivity contribution in [3.63, 3.8) is 0 Å². The predicted molar refractivity (Wildman–Crippen MR) is 98.4 cm³/mol. The lowest BCUT2D eigenvalue weighted by Crippen LogP contribution is -2.33. The number of aliphatic carboxylic acids is 1. The molecule has 138 valence electrons. The second-order valence-corrected chi connectivity index (χ2v) is 6.39. The Kier molecular flexibility index (Phi) is 5.03. The summed E-state index contributed by atoms with van der Waals surface area (Å²) in [7, 11) is 0. The fourth-order valence-electron chi connectivity index (χ4n) is 3.07. The van der Waals surface area contributed by atoms with Crippen molar-refractivity contribution in [1.82, 2.24) is 9.97 Å². The molecule has 1 unspecified atom stereocenters. The van der Waals surface area contributed by atoms with Crippen LogP contribution >= 0.6 is 0 Å². The Morgan fingerprint density at radius 1 is 1.37 bits per heavy atom. The van der Waals surface area contributed by atoms with Crippen LogP contribution < -0.4 is 10.2 Å². The van der Waals surface area contributed by atoms with Crippen LogP contribution in [-0.2, 0) is 16.0 Å². The summed E-state index contributed by atoms with van der Waals surface area (Å²) in [6, 6.07) is 10.7. The third-order valence-corrected chi connectivity index (χ3v) is 4.72. The highest BCUT2D eigenvalue weighted by Gasteiger charge is 2.46. The third-order valence-electron chi connectivity index (χ3n) is 4.72. The van der Waals surface area contributed by atoms with E-state index in [1.54, 1.807) is 36.5 Å². The summed E-state index contributed by atoms with van der Waals surface area (Å²) < 4.78 is 0. The molecular weight excluding hydrogens is 346 g/mol. The maximum atomic E-state index is 12.7. The number of hydrogen-bond acceptors (Lipinski definition) is 6. The molecule has 2 N–H and O–H groups in total. The minimum atomic E-state index is -0.974. The fourth-order valence-corrected chi connectivity index (χ4v) is 3.07. The average molecular weight is 365 g/mol. The van der Waals surface area contributed by atoms with Crippen molar-refractivity contribution in [3.05, 3.63) is 42.1 Å². The monoisotopic (exact) mass is 365 g/mol. The van der Waals surface area contributed by atoms with Gasteiger partial charge in [0.1, 0.15) is 11.2 Å². The van der Waals surface area contributed by atoms with E-state index in [-0.39, 0.29) is 12.3 Å². The molecule has 1 aromatic heterocycles. The molecule has 8 nitrogen and oxygen atoms in total. The largest absolute Gasteiger partial charge is 0.481 e. The van der Waals surface area contributed by atoms with E-state index in [9.17, 15) is 14.9 Å². The van der Waals surface area contributed by atoms with Crippen LogP contribution in [-0.4, -0.2) is 33.5 Å². The quantitative estimate of drug-likeness (QED) is 0.807. The van der Waals surface area contributed by atoms with E-state index in [0.717, 1.165) is 0 Å². The molecule has 0 radical (unpaired) electrons. The highest BCUT2D eigenvalue weighted by Crippen LogP contribution is 2.36. The van der Waals surface area contributed by atoms with Crippen LogP contribution in [0.4, 0.5) is 17.5 Å². The highest BCUT2D eigenvalue weighted by atomic mass is 16.4. The molecule has 1 aliphatic rings. The Hall–Kier alpha value is -3.47. The normalized spacial score (nSPS) is 19.0.